The number of ether oxygens (including phenoxy) is 1. The zero-order valence-corrected chi connectivity index (χ0v) is 13.7. The van der Waals surface area contributed by atoms with Crippen LogP contribution in [-0.2, 0) is 6.61 Å². The molecule has 2 aromatic carbocycles. The Balaban J connectivity index is 1.52. The molecule has 0 aliphatic heterocycles. The van der Waals surface area contributed by atoms with Crippen LogP contribution in [0.25, 0.3) is 0 Å². The molecule has 1 amide bonds. The third kappa shape index (κ3) is 4.54. The zero-order chi connectivity index (χ0) is 16.6. The molecule has 5 heteroatoms. The van der Waals surface area contributed by atoms with E-state index in [1.54, 1.807) is 41.8 Å². The Morgan fingerprint density at radius 1 is 1.04 bits per heavy atom. The average molecular weight is 336 g/mol. The molecule has 1 N–H and O–H groups in total. The first-order chi connectivity index (χ1) is 11.8. The van der Waals surface area contributed by atoms with E-state index in [1.165, 1.54) is 0 Å². The van der Waals surface area contributed by atoms with Gasteiger partial charge in [0, 0.05) is 10.4 Å². The maximum absolute atomic E-state index is 12.0. The van der Waals surface area contributed by atoms with E-state index in [2.05, 4.69) is 10.5 Å². The molecular formula is C19H16N2O2S. The molecule has 0 atom stereocenters. The fraction of sp³-hybridized carbons (Fsp3) is 0.0526. The predicted octanol–water partition coefficient (Wildman–Crippen LogP) is 4.09. The van der Waals surface area contributed by atoms with E-state index in [-0.39, 0.29) is 5.91 Å². The highest BCUT2D eigenvalue weighted by Crippen LogP contribution is 2.14. The third-order valence-corrected chi connectivity index (χ3v) is 4.07. The standard InChI is InChI=1S/C19H16N2O2S/c22-19(21-20-13-18-7-4-12-24-18)16-8-10-17(11-9-16)23-14-15-5-2-1-3-6-15/h1-13H,14H2,(H,21,22). The second-order valence-electron chi connectivity index (χ2n) is 5.01. The molecule has 0 aliphatic carbocycles. The maximum Gasteiger partial charge on any atom is 0.271 e. The number of benzene rings is 2. The molecule has 4 nitrogen and oxygen atoms in total. The lowest BCUT2D eigenvalue weighted by Gasteiger charge is -2.07. The van der Waals surface area contributed by atoms with Crippen molar-refractivity contribution in [3.05, 3.63) is 88.1 Å². The van der Waals surface area contributed by atoms with Crippen LogP contribution in [0.3, 0.4) is 0 Å². The summed E-state index contributed by atoms with van der Waals surface area (Å²) >= 11 is 1.56. The molecule has 0 spiro atoms. The molecule has 120 valence electrons. The number of hydrogen-bond acceptors (Lipinski definition) is 4. The summed E-state index contributed by atoms with van der Waals surface area (Å²) in [7, 11) is 0. The van der Waals surface area contributed by atoms with Crippen molar-refractivity contribution in [1.29, 1.82) is 0 Å². The van der Waals surface area contributed by atoms with E-state index < -0.39 is 0 Å². The highest BCUT2D eigenvalue weighted by atomic mass is 32.1. The highest BCUT2D eigenvalue weighted by molar-refractivity contribution is 7.11. The Morgan fingerprint density at radius 3 is 2.54 bits per heavy atom. The summed E-state index contributed by atoms with van der Waals surface area (Å²) in [4.78, 5) is 13.0. The number of hydrazone groups is 1. The van der Waals surface area contributed by atoms with Crippen LogP contribution in [0, 0.1) is 0 Å². The molecule has 1 heterocycles. The van der Waals surface area contributed by atoms with Gasteiger partial charge in [-0.15, -0.1) is 11.3 Å². The Bertz CT molecular complexity index is 797. The normalized spacial score (nSPS) is 10.7. The topological polar surface area (TPSA) is 50.7 Å². The first kappa shape index (κ1) is 16.0. The van der Waals surface area contributed by atoms with E-state index in [1.807, 2.05) is 47.8 Å². The van der Waals surface area contributed by atoms with Crippen molar-refractivity contribution in [3.8, 4) is 5.75 Å². The van der Waals surface area contributed by atoms with Crippen LogP contribution in [-0.4, -0.2) is 12.1 Å². The second kappa shape index (κ2) is 8.08. The first-order valence-corrected chi connectivity index (χ1v) is 8.33. The monoisotopic (exact) mass is 336 g/mol. The molecular weight excluding hydrogens is 320 g/mol. The highest BCUT2D eigenvalue weighted by Gasteiger charge is 2.04. The molecule has 3 rings (SSSR count). The molecule has 0 saturated carbocycles. The molecule has 0 unspecified atom stereocenters. The van der Waals surface area contributed by atoms with Gasteiger partial charge in [0.05, 0.1) is 6.21 Å². The van der Waals surface area contributed by atoms with Crippen molar-refractivity contribution in [2.75, 3.05) is 0 Å². The van der Waals surface area contributed by atoms with Gasteiger partial charge in [-0.05, 0) is 41.3 Å². The number of nitrogens with one attached hydrogen (secondary N) is 1. The molecule has 0 fully saturated rings. The lowest BCUT2D eigenvalue weighted by atomic mass is 10.2. The smallest absolute Gasteiger partial charge is 0.271 e. The number of amides is 1. The summed E-state index contributed by atoms with van der Waals surface area (Å²) in [5.41, 5.74) is 4.14. The van der Waals surface area contributed by atoms with Gasteiger partial charge in [0.15, 0.2) is 0 Å². The zero-order valence-electron chi connectivity index (χ0n) is 12.9. The van der Waals surface area contributed by atoms with E-state index in [9.17, 15) is 4.79 Å². The predicted molar refractivity (Wildman–Crippen MR) is 96.6 cm³/mol. The summed E-state index contributed by atoms with van der Waals surface area (Å²) in [6.45, 7) is 0.498. The summed E-state index contributed by atoms with van der Waals surface area (Å²) in [5, 5.41) is 5.90. The van der Waals surface area contributed by atoms with E-state index in [4.69, 9.17) is 4.74 Å². The number of rotatable bonds is 6. The maximum atomic E-state index is 12.0. The van der Waals surface area contributed by atoms with E-state index >= 15 is 0 Å². The molecule has 3 aromatic rings. The number of nitrogens with zero attached hydrogens (tertiary/aromatic N) is 1. The van der Waals surface area contributed by atoms with Crippen LogP contribution >= 0.6 is 11.3 Å². The molecule has 24 heavy (non-hydrogen) atoms. The Labute approximate surface area is 144 Å². The number of thiophene rings is 1. The Hall–Kier alpha value is -2.92. The third-order valence-electron chi connectivity index (χ3n) is 3.27. The van der Waals surface area contributed by atoms with Crippen molar-refractivity contribution < 1.29 is 9.53 Å². The van der Waals surface area contributed by atoms with Gasteiger partial charge in [0.25, 0.3) is 5.91 Å². The van der Waals surface area contributed by atoms with Gasteiger partial charge in [-0.1, -0.05) is 36.4 Å². The van der Waals surface area contributed by atoms with Crippen LogP contribution in [0.1, 0.15) is 20.8 Å². The van der Waals surface area contributed by atoms with Crippen molar-refractivity contribution in [2.24, 2.45) is 5.10 Å². The Kier molecular flexibility index (Phi) is 5.37. The van der Waals surface area contributed by atoms with Gasteiger partial charge in [-0.2, -0.15) is 5.10 Å². The van der Waals surface area contributed by atoms with Crippen LogP contribution in [0.2, 0.25) is 0 Å². The molecule has 0 aliphatic rings. The molecule has 0 saturated heterocycles. The number of carbonyl (C=O) groups excluding carboxylic acids is 1. The lowest BCUT2D eigenvalue weighted by molar-refractivity contribution is 0.0955. The summed E-state index contributed by atoms with van der Waals surface area (Å²) in [6.07, 6.45) is 1.62. The summed E-state index contributed by atoms with van der Waals surface area (Å²) in [6, 6.07) is 20.8. The SMILES string of the molecule is O=C(NN=Cc1cccs1)c1ccc(OCc2ccccc2)cc1. The van der Waals surface area contributed by atoms with Gasteiger partial charge in [-0.25, -0.2) is 5.43 Å². The molecule has 1 aromatic heterocycles. The largest absolute Gasteiger partial charge is 0.489 e. The minimum Gasteiger partial charge on any atom is -0.489 e. The van der Waals surface area contributed by atoms with Crippen LogP contribution in [0.4, 0.5) is 0 Å². The van der Waals surface area contributed by atoms with Crippen molar-refractivity contribution in [3.63, 3.8) is 0 Å². The fourth-order valence-electron chi connectivity index (χ4n) is 2.03. The van der Waals surface area contributed by atoms with Gasteiger partial charge in [0.2, 0.25) is 0 Å². The van der Waals surface area contributed by atoms with Crippen LogP contribution < -0.4 is 10.2 Å². The number of hydrogen-bond donors (Lipinski definition) is 1. The lowest BCUT2D eigenvalue weighted by Crippen LogP contribution is -2.17. The van der Waals surface area contributed by atoms with Gasteiger partial charge >= 0.3 is 0 Å². The van der Waals surface area contributed by atoms with E-state index in [0.29, 0.717) is 12.2 Å². The first-order valence-electron chi connectivity index (χ1n) is 7.45. The van der Waals surface area contributed by atoms with Crippen LogP contribution in [0.5, 0.6) is 5.75 Å². The average Bonchev–Trinajstić information content (AvgIpc) is 3.15. The minimum atomic E-state index is -0.252. The summed E-state index contributed by atoms with van der Waals surface area (Å²) in [5.74, 6) is 0.468. The fourth-order valence-corrected chi connectivity index (χ4v) is 2.61. The quantitative estimate of drug-likeness (QED) is 0.544. The second-order valence-corrected chi connectivity index (χ2v) is 5.99. The van der Waals surface area contributed by atoms with E-state index in [0.717, 1.165) is 16.2 Å². The number of carbonyl (C=O) groups is 1. The van der Waals surface area contributed by atoms with Gasteiger partial charge < -0.3 is 4.74 Å². The molecule has 0 radical (unpaired) electrons. The summed E-state index contributed by atoms with van der Waals surface area (Å²) < 4.78 is 5.70. The van der Waals surface area contributed by atoms with Crippen LogP contribution in [0.15, 0.2) is 77.2 Å². The van der Waals surface area contributed by atoms with Gasteiger partial charge in [-0.3, -0.25) is 4.79 Å². The van der Waals surface area contributed by atoms with Crippen molar-refractivity contribution in [2.45, 2.75) is 6.61 Å². The van der Waals surface area contributed by atoms with Gasteiger partial charge in [0.1, 0.15) is 12.4 Å². The minimum absolute atomic E-state index is 0.252. The van der Waals surface area contributed by atoms with Crippen molar-refractivity contribution in [1.82, 2.24) is 5.43 Å². The Morgan fingerprint density at radius 2 is 1.83 bits per heavy atom. The molecule has 0 bridgehead atoms. The van der Waals surface area contributed by atoms with Crippen molar-refractivity contribution >= 4 is 23.5 Å².